The van der Waals surface area contributed by atoms with Gasteiger partial charge < -0.3 is 15.0 Å². The number of methoxy groups -OCH3 is 1. The predicted molar refractivity (Wildman–Crippen MR) is 86.3 cm³/mol. The van der Waals surface area contributed by atoms with Crippen LogP contribution in [0.5, 0.6) is 5.75 Å². The maximum absolute atomic E-state index is 5.39. The molecule has 1 aromatic carbocycles. The summed E-state index contributed by atoms with van der Waals surface area (Å²) in [5, 5.41) is 3.53. The molecule has 0 saturated heterocycles. The lowest BCUT2D eigenvalue weighted by atomic mass is 10.1. The average Bonchev–Trinajstić information content (AvgIpc) is 2.37. The van der Waals surface area contributed by atoms with Crippen LogP contribution in [0.1, 0.15) is 39.2 Å². The van der Waals surface area contributed by atoms with Crippen LogP contribution < -0.4 is 10.1 Å². The highest BCUT2D eigenvalue weighted by molar-refractivity contribution is 5.32. The average molecular weight is 278 g/mol. The molecule has 0 bridgehead atoms. The zero-order valence-corrected chi connectivity index (χ0v) is 13.7. The lowest BCUT2D eigenvalue weighted by molar-refractivity contribution is 0.306. The van der Waals surface area contributed by atoms with Crippen LogP contribution >= 0.6 is 0 Å². The third kappa shape index (κ3) is 6.92. The Morgan fingerprint density at radius 1 is 1.15 bits per heavy atom. The standard InChI is InChI=1S/C17H30N2O/c1-17(2,3)18-12-8-9-13-19(4)14-15-10-6-7-11-16(15)20-5/h6-7,10-11,18H,8-9,12-14H2,1-5H3. The summed E-state index contributed by atoms with van der Waals surface area (Å²) in [6, 6.07) is 8.24. The van der Waals surface area contributed by atoms with Crippen LogP contribution in [0, 0.1) is 0 Å². The van der Waals surface area contributed by atoms with Crippen molar-refractivity contribution in [3.8, 4) is 5.75 Å². The van der Waals surface area contributed by atoms with Gasteiger partial charge in [-0.1, -0.05) is 18.2 Å². The summed E-state index contributed by atoms with van der Waals surface area (Å²) in [7, 11) is 3.90. The number of nitrogens with one attached hydrogen (secondary N) is 1. The van der Waals surface area contributed by atoms with E-state index < -0.39 is 0 Å². The van der Waals surface area contributed by atoms with Gasteiger partial charge in [-0.05, 0) is 59.8 Å². The summed E-state index contributed by atoms with van der Waals surface area (Å²) in [6.07, 6.45) is 2.43. The van der Waals surface area contributed by atoms with Crippen molar-refractivity contribution in [2.75, 3.05) is 27.2 Å². The third-order valence-electron chi connectivity index (χ3n) is 3.25. The first-order valence-electron chi connectivity index (χ1n) is 7.48. The van der Waals surface area contributed by atoms with Crippen LogP contribution in [-0.2, 0) is 6.54 Å². The number of para-hydroxylation sites is 1. The molecule has 0 heterocycles. The van der Waals surface area contributed by atoms with Crippen molar-refractivity contribution in [3.63, 3.8) is 0 Å². The van der Waals surface area contributed by atoms with Gasteiger partial charge in [-0.15, -0.1) is 0 Å². The maximum atomic E-state index is 5.39. The predicted octanol–water partition coefficient (Wildman–Crippen LogP) is 3.30. The van der Waals surface area contributed by atoms with Crippen LogP contribution in [0.25, 0.3) is 0 Å². The normalized spacial score (nSPS) is 11.9. The van der Waals surface area contributed by atoms with Gasteiger partial charge in [0.2, 0.25) is 0 Å². The molecule has 3 heteroatoms. The van der Waals surface area contributed by atoms with E-state index >= 15 is 0 Å². The summed E-state index contributed by atoms with van der Waals surface area (Å²) in [6.45, 7) is 9.77. The van der Waals surface area contributed by atoms with Gasteiger partial charge >= 0.3 is 0 Å². The van der Waals surface area contributed by atoms with Gasteiger partial charge in [0.05, 0.1) is 7.11 Å². The molecular formula is C17H30N2O. The number of hydrogen-bond acceptors (Lipinski definition) is 3. The molecule has 0 aliphatic rings. The van der Waals surface area contributed by atoms with Crippen molar-refractivity contribution in [2.24, 2.45) is 0 Å². The SMILES string of the molecule is COc1ccccc1CN(C)CCCCNC(C)(C)C. The van der Waals surface area contributed by atoms with E-state index in [2.05, 4.69) is 50.2 Å². The van der Waals surface area contributed by atoms with E-state index in [4.69, 9.17) is 4.74 Å². The second kappa shape index (κ2) is 8.28. The highest BCUT2D eigenvalue weighted by Crippen LogP contribution is 2.18. The Morgan fingerprint density at radius 3 is 2.50 bits per heavy atom. The Morgan fingerprint density at radius 2 is 1.85 bits per heavy atom. The van der Waals surface area contributed by atoms with Gasteiger partial charge in [0.1, 0.15) is 5.75 Å². The quantitative estimate of drug-likeness (QED) is 0.738. The van der Waals surface area contributed by atoms with Crippen LogP contribution in [0.15, 0.2) is 24.3 Å². The lowest BCUT2D eigenvalue weighted by Gasteiger charge is -2.21. The summed E-state index contributed by atoms with van der Waals surface area (Å²) >= 11 is 0. The number of benzene rings is 1. The summed E-state index contributed by atoms with van der Waals surface area (Å²) in [5.74, 6) is 0.980. The molecule has 0 spiro atoms. The minimum atomic E-state index is 0.226. The Balaban J connectivity index is 2.25. The van der Waals surface area contributed by atoms with Crippen molar-refractivity contribution in [1.29, 1.82) is 0 Å². The van der Waals surface area contributed by atoms with Gasteiger partial charge in [-0.3, -0.25) is 0 Å². The Bertz CT molecular complexity index is 385. The molecule has 0 aromatic heterocycles. The van der Waals surface area contributed by atoms with Gasteiger partial charge in [-0.2, -0.15) is 0 Å². The van der Waals surface area contributed by atoms with E-state index in [0.717, 1.165) is 25.4 Å². The maximum Gasteiger partial charge on any atom is 0.123 e. The smallest absolute Gasteiger partial charge is 0.123 e. The van der Waals surface area contributed by atoms with Crippen molar-refractivity contribution in [1.82, 2.24) is 10.2 Å². The van der Waals surface area contributed by atoms with Crippen molar-refractivity contribution in [2.45, 2.75) is 45.7 Å². The third-order valence-corrected chi connectivity index (χ3v) is 3.25. The van der Waals surface area contributed by atoms with E-state index in [1.165, 1.54) is 18.4 Å². The summed E-state index contributed by atoms with van der Waals surface area (Å²) < 4.78 is 5.39. The molecule has 1 N–H and O–H groups in total. The molecule has 0 aliphatic carbocycles. The first-order valence-corrected chi connectivity index (χ1v) is 7.48. The Hall–Kier alpha value is -1.06. The minimum Gasteiger partial charge on any atom is -0.496 e. The van der Waals surface area contributed by atoms with Crippen LogP contribution in [0.4, 0.5) is 0 Å². The fourth-order valence-corrected chi connectivity index (χ4v) is 2.17. The molecule has 0 fully saturated rings. The Kier molecular flexibility index (Phi) is 7.03. The topological polar surface area (TPSA) is 24.5 Å². The van der Waals surface area contributed by atoms with Crippen molar-refractivity contribution >= 4 is 0 Å². The highest BCUT2D eigenvalue weighted by atomic mass is 16.5. The molecule has 20 heavy (non-hydrogen) atoms. The van der Waals surface area contributed by atoms with E-state index in [9.17, 15) is 0 Å². The molecule has 0 saturated carbocycles. The molecule has 0 amide bonds. The largest absolute Gasteiger partial charge is 0.496 e. The minimum absolute atomic E-state index is 0.226. The number of hydrogen-bond donors (Lipinski definition) is 1. The van der Waals surface area contributed by atoms with E-state index in [0.29, 0.717) is 0 Å². The molecular weight excluding hydrogens is 248 g/mol. The van der Waals surface area contributed by atoms with Gasteiger partial charge in [-0.25, -0.2) is 0 Å². The molecule has 1 rings (SSSR count). The molecule has 1 aromatic rings. The molecule has 3 nitrogen and oxygen atoms in total. The van der Waals surface area contributed by atoms with E-state index in [1.807, 2.05) is 12.1 Å². The molecule has 0 aliphatic heterocycles. The zero-order valence-electron chi connectivity index (χ0n) is 13.7. The highest BCUT2D eigenvalue weighted by Gasteiger charge is 2.08. The van der Waals surface area contributed by atoms with Crippen molar-refractivity contribution < 1.29 is 4.74 Å². The van der Waals surface area contributed by atoms with E-state index in [1.54, 1.807) is 7.11 Å². The number of rotatable bonds is 8. The van der Waals surface area contributed by atoms with E-state index in [-0.39, 0.29) is 5.54 Å². The molecule has 114 valence electrons. The fraction of sp³-hybridized carbons (Fsp3) is 0.647. The van der Waals surface area contributed by atoms with Gasteiger partial charge in [0.15, 0.2) is 0 Å². The van der Waals surface area contributed by atoms with Crippen LogP contribution in [-0.4, -0.2) is 37.7 Å². The lowest BCUT2D eigenvalue weighted by Crippen LogP contribution is -2.36. The fourth-order valence-electron chi connectivity index (χ4n) is 2.17. The number of unbranched alkanes of at least 4 members (excludes halogenated alkanes) is 1. The second-order valence-corrected chi connectivity index (χ2v) is 6.43. The zero-order chi connectivity index (χ0) is 15.0. The van der Waals surface area contributed by atoms with Crippen LogP contribution in [0.2, 0.25) is 0 Å². The first kappa shape index (κ1) is 17.0. The molecule has 0 unspecified atom stereocenters. The van der Waals surface area contributed by atoms with Gasteiger partial charge in [0, 0.05) is 17.6 Å². The number of ether oxygens (including phenoxy) is 1. The molecule has 0 radical (unpaired) electrons. The molecule has 0 atom stereocenters. The summed E-state index contributed by atoms with van der Waals surface area (Å²) in [5.41, 5.74) is 1.48. The summed E-state index contributed by atoms with van der Waals surface area (Å²) in [4.78, 5) is 2.36. The second-order valence-electron chi connectivity index (χ2n) is 6.43. The monoisotopic (exact) mass is 278 g/mol. The van der Waals surface area contributed by atoms with Crippen molar-refractivity contribution in [3.05, 3.63) is 29.8 Å². The Labute approximate surface area is 124 Å². The first-order chi connectivity index (χ1) is 9.42. The number of nitrogens with zero attached hydrogens (tertiary/aromatic N) is 1. The van der Waals surface area contributed by atoms with Crippen LogP contribution in [0.3, 0.4) is 0 Å². The van der Waals surface area contributed by atoms with Gasteiger partial charge in [0.25, 0.3) is 0 Å².